The first-order valence-electron chi connectivity index (χ1n) is 9.61. The Morgan fingerprint density at radius 1 is 1.06 bits per heavy atom. The first-order valence-corrected chi connectivity index (χ1v) is 9.61. The van der Waals surface area contributed by atoms with Gasteiger partial charge in [0.15, 0.2) is 11.2 Å². The molecule has 31 heavy (non-hydrogen) atoms. The summed E-state index contributed by atoms with van der Waals surface area (Å²) in [7, 11) is 0. The van der Waals surface area contributed by atoms with Crippen LogP contribution in [0.2, 0.25) is 0 Å². The van der Waals surface area contributed by atoms with Gasteiger partial charge in [0, 0.05) is 5.56 Å². The van der Waals surface area contributed by atoms with E-state index < -0.39 is 0 Å². The van der Waals surface area contributed by atoms with Crippen LogP contribution in [0, 0.1) is 5.82 Å². The summed E-state index contributed by atoms with van der Waals surface area (Å²) in [6, 6.07) is 13.5. The van der Waals surface area contributed by atoms with Crippen LogP contribution in [0.5, 0.6) is 0 Å². The Morgan fingerprint density at radius 2 is 1.84 bits per heavy atom. The van der Waals surface area contributed by atoms with Crippen LogP contribution in [0.1, 0.15) is 18.4 Å². The van der Waals surface area contributed by atoms with Crippen LogP contribution in [0.15, 0.2) is 64.2 Å². The fraction of sp³-hybridized carbons (Fsp3) is 0.143. The molecule has 0 aliphatic heterocycles. The summed E-state index contributed by atoms with van der Waals surface area (Å²) in [5, 5.41) is 12.0. The van der Waals surface area contributed by atoms with Crippen molar-refractivity contribution in [1.29, 1.82) is 0 Å². The van der Waals surface area contributed by atoms with Crippen molar-refractivity contribution in [3.8, 4) is 17.1 Å². The maximum Gasteiger partial charge on any atom is 0.284 e. The summed E-state index contributed by atoms with van der Waals surface area (Å²) in [6.45, 7) is 2.10. The highest BCUT2D eigenvalue weighted by Crippen LogP contribution is 2.17. The zero-order chi connectivity index (χ0) is 21.4. The third kappa shape index (κ3) is 3.48. The zero-order valence-corrected chi connectivity index (χ0v) is 16.4. The molecule has 2 aromatic carbocycles. The molecule has 0 aliphatic rings. The maximum absolute atomic E-state index is 13.1. The third-order valence-corrected chi connectivity index (χ3v) is 4.89. The van der Waals surface area contributed by atoms with Gasteiger partial charge in [0.25, 0.3) is 5.56 Å². The van der Waals surface area contributed by atoms with Crippen molar-refractivity contribution in [2.75, 3.05) is 0 Å². The quantitative estimate of drug-likeness (QED) is 0.433. The summed E-state index contributed by atoms with van der Waals surface area (Å²) in [6.07, 6.45) is 2.33. The molecule has 0 amide bonds. The lowest BCUT2D eigenvalue weighted by Crippen LogP contribution is -2.21. The number of hydrogen-bond donors (Lipinski definition) is 0. The Hall–Kier alpha value is -4.21. The molecule has 3 aromatic heterocycles. The number of benzene rings is 2. The van der Waals surface area contributed by atoms with E-state index in [1.165, 1.54) is 33.3 Å². The Kier molecular flexibility index (Phi) is 4.58. The zero-order valence-electron chi connectivity index (χ0n) is 16.4. The number of nitrogens with zero attached hydrogens (tertiary/aromatic N) is 7. The van der Waals surface area contributed by atoms with E-state index in [2.05, 4.69) is 32.4 Å². The number of aromatic nitrogens is 7. The second-order valence-electron chi connectivity index (χ2n) is 6.89. The Labute approximate surface area is 174 Å². The van der Waals surface area contributed by atoms with Crippen LogP contribution >= 0.6 is 0 Å². The van der Waals surface area contributed by atoms with Crippen molar-refractivity contribution in [1.82, 2.24) is 34.7 Å². The second kappa shape index (κ2) is 7.56. The molecule has 0 aliphatic carbocycles. The van der Waals surface area contributed by atoms with Gasteiger partial charge in [0.2, 0.25) is 11.7 Å². The molecule has 5 rings (SSSR count). The lowest BCUT2D eigenvalue weighted by molar-refractivity contribution is 0.369. The van der Waals surface area contributed by atoms with E-state index in [4.69, 9.17) is 4.52 Å². The minimum absolute atomic E-state index is 0.0219. The smallest absolute Gasteiger partial charge is 0.284 e. The monoisotopic (exact) mass is 417 g/mol. The first kappa shape index (κ1) is 18.8. The predicted molar refractivity (Wildman–Crippen MR) is 109 cm³/mol. The van der Waals surface area contributed by atoms with Gasteiger partial charge in [-0.15, -0.1) is 5.10 Å². The molecular weight excluding hydrogens is 401 g/mol. The largest absolute Gasteiger partial charge is 0.337 e. The van der Waals surface area contributed by atoms with Crippen LogP contribution in [0.3, 0.4) is 0 Å². The third-order valence-electron chi connectivity index (χ3n) is 4.89. The van der Waals surface area contributed by atoms with E-state index in [-0.39, 0.29) is 29.3 Å². The topological polar surface area (TPSA) is 105 Å². The van der Waals surface area contributed by atoms with Crippen LogP contribution in [0.4, 0.5) is 4.39 Å². The minimum atomic E-state index is -0.372. The van der Waals surface area contributed by atoms with E-state index in [1.807, 2.05) is 24.3 Å². The number of rotatable bonds is 5. The summed E-state index contributed by atoms with van der Waals surface area (Å²) in [5.41, 5.74) is 2.70. The lowest BCUT2D eigenvalue weighted by atomic mass is 10.1. The fourth-order valence-corrected chi connectivity index (χ4v) is 3.18. The molecule has 5 aromatic rings. The summed E-state index contributed by atoms with van der Waals surface area (Å²) < 4.78 is 21.2. The second-order valence-corrected chi connectivity index (χ2v) is 6.89. The van der Waals surface area contributed by atoms with Crippen molar-refractivity contribution in [3.05, 3.63) is 82.5 Å². The highest BCUT2D eigenvalue weighted by molar-refractivity contribution is 5.70. The van der Waals surface area contributed by atoms with Crippen LogP contribution in [0.25, 0.3) is 28.2 Å². The van der Waals surface area contributed by atoms with Crippen molar-refractivity contribution in [2.24, 2.45) is 0 Å². The minimum Gasteiger partial charge on any atom is -0.337 e. The van der Waals surface area contributed by atoms with E-state index in [9.17, 15) is 9.18 Å². The van der Waals surface area contributed by atoms with Crippen LogP contribution < -0.4 is 5.56 Å². The fourth-order valence-electron chi connectivity index (χ4n) is 3.18. The van der Waals surface area contributed by atoms with Crippen LogP contribution in [-0.4, -0.2) is 34.7 Å². The van der Waals surface area contributed by atoms with Gasteiger partial charge in [0.05, 0.1) is 5.69 Å². The van der Waals surface area contributed by atoms with Crippen molar-refractivity contribution >= 4 is 11.2 Å². The van der Waals surface area contributed by atoms with Crippen molar-refractivity contribution in [3.63, 3.8) is 0 Å². The van der Waals surface area contributed by atoms with Crippen molar-refractivity contribution < 1.29 is 8.91 Å². The number of hydrogen-bond acceptors (Lipinski definition) is 7. The molecule has 3 heterocycles. The average Bonchev–Trinajstić information content (AvgIpc) is 3.44. The Balaban J connectivity index is 1.44. The normalized spacial score (nSPS) is 11.3. The predicted octanol–water partition coefficient (Wildman–Crippen LogP) is 2.78. The Morgan fingerprint density at radius 3 is 2.58 bits per heavy atom. The molecular formula is C21H16FN7O2. The van der Waals surface area contributed by atoms with Gasteiger partial charge in [0.1, 0.15) is 18.7 Å². The molecule has 0 N–H and O–H groups in total. The molecule has 0 bridgehead atoms. The first-order chi connectivity index (χ1) is 15.1. The lowest BCUT2D eigenvalue weighted by Gasteiger charge is -2.04. The highest BCUT2D eigenvalue weighted by Gasteiger charge is 2.16. The molecule has 0 atom stereocenters. The van der Waals surface area contributed by atoms with E-state index in [0.29, 0.717) is 17.0 Å². The molecule has 0 spiro atoms. The van der Waals surface area contributed by atoms with E-state index in [1.54, 1.807) is 12.1 Å². The van der Waals surface area contributed by atoms with Gasteiger partial charge in [-0.3, -0.25) is 9.36 Å². The number of fused-ring (bicyclic) bond motifs is 1. The Bertz CT molecular complexity index is 1420. The molecule has 10 heteroatoms. The van der Waals surface area contributed by atoms with E-state index >= 15 is 0 Å². The SMILES string of the molecule is CCc1ccc(-n2nnc3c(=O)n(Cc4nc(-c5ccc(F)cc5)no4)cnc32)cc1. The molecule has 0 radical (unpaired) electrons. The van der Waals surface area contributed by atoms with Gasteiger partial charge in [-0.25, -0.2) is 9.37 Å². The summed E-state index contributed by atoms with van der Waals surface area (Å²) in [4.78, 5) is 21.5. The molecule has 154 valence electrons. The maximum atomic E-state index is 13.1. The van der Waals surface area contributed by atoms with E-state index in [0.717, 1.165) is 12.1 Å². The molecule has 0 fully saturated rings. The highest BCUT2D eigenvalue weighted by atomic mass is 19.1. The number of halogens is 1. The van der Waals surface area contributed by atoms with Crippen LogP contribution in [-0.2, 0) is 13.0 Å². The van der Waals surface area contributed by atoms with Gasteiger partial charge in [-0.05, 0) is 48.4 Å². The molecule has 9 nitrogen and oxygen atoms in total. The number of aryl methyl sites for hydroxylation is 1. The summed E-state index contributed by atoms with van der Waals surface area (Å²) >= 11 is 0. The standard InChI is InChI=1S/C21H16FN7O2/c1-2-13-3-9-16(10-4-13)29-20-18(25-27-29)21(30)28(12-23-20)11-17-24-19(26-31-17)14-5-7-15(22)8-6-14/h3-10,12H,2,11H2,1H3. The molecule has 0 saturated heterocycles. The van der Waals surface area contributed by atoms with Gasteiger partial charge < -0.3 is 4.52 Å². The van der Waals surface area contributed by atoms with Gasteiger partial charge in [-0.2, -0.15) is 9.67 Å². The van der Waals surface area contributed by atoms with Gasteiger partial charge in [-0.1, -0.05) is 29.4 Å². The van der Waals surface area contributed by atoms with Crippen molar-refractivity contribution in [2.45, 2.75) is 19.9 Å². The molecule has 0 unspecified atom stereocenters. The summed E-state index contributed by atoms with van der Waals surface area (Å²) in [5.74, 6) is 0.163. The average molecular weight is 417 g/mol. The molecule has 0 saturated carbocycles. The van der Waals surface area contributed by atoms with Gasteiger partial charge >= 0.3 is 0 Å².